The van der Waals surface area contributed by atoms with Crippen LogP contribution in [-0.4, -0.2) is 23.3 Å². The van der Waals surface area contributed by atoms with E-state index in [-0.39, 0.29) is 12.1 Å². The number of hydrogen-bond donors (Lipinski definition) is 2. The van der Waals surface area contributed by atoms with Crippen molar-refractivity contribution in [1.29, 1.82) is 0 Å². The van der Waals surface area contributed by atoms with Crippen molar-refractivity contribution >= 4 is 39.2 Å². The van der Waals surface area contributed by atoms with Gasteiger partial charge >= 0.3 is 0 Å². The summed E-state index contributed by atoms with van der Waals surface area (Å²) in [6.45, 7) is 5.88. The van der Waals surface area contributed by atoms with Gasteiger partial charge in [-0.15, -0.1) is 0 Å². The van der Waals surface area contributed by atoms with Gasteiger partial charge in [-0.05, 0) is 54.0 Å². The van der Waals surface area contributed by atoms with Crippen LogP contribution in [-0.2, 0) is 4.79 Å². The molecule has 1 aromatic heterocycles. The molecule has 3 aromatic rings. The number of amides is 2. The minimum Gasteiger partial charge on any atom is -0.343 e. The van der Waals surface area contributed by atoms with E-state index in [1.54, 1.807) is 12.1 Å². The number of anilines is 1. The second kappa shape index (κ2) is 15.0. The van der Waals surface area contributed by atoms with E-state index in [0.717, 1.165) is 11.0 Å². The summed E-state index contributed by atoms with van der Waals surface area (Å²) in [6.07, 6.45) is 1.46. The maximum absolute atomic E-state index is 12.7. The molecule has 8 heteroatoms. The number of hydrogen-bond acceptors (Lipinski definition) is 4. The highest BCUT2D eigenvalue weighted by molar-refractivity contribution is 8.21. The lowest BCUT2D eigenvalue weighted by molar-refractivity contribution is -0.115. The smallest absolute Gasteiger partial charge is 0.251 e. The molecule has 0 unspecified atom stereocenters. The van der Waals surface area contributed by atoms with Crippen molar-refractivity contribution in [3.8, 4) is 0 Å². The summed E-state index contributed by atoms with van der Waals surface area (Å²) >= 11 is 0. The van der Waals surface area contributed by atoms with Crippen LogP contribution < -0.4 is 10.6 Å². The van der Waals surface area contributed by atoms with E-state index >= 15 is 0 Å². The molecule has 0 saturated heterocycles. The van der Waals surface area contributed by atoms with E-state index in [9.17, 15) is 14.0 Å². The Morgan fingerprint density at radius 2 is 1.65 bits per heavy atom. The van der Waals surface area contributed by atoms with Gasteiger partial charge in [0.15, 0.2) is 0 Å². The SMILES string of the molecule is CC.Cc1ccccc1.O=C(CNC(=O)c1ccc(F)cc1)Nc1ccc(SCl)nc1. The van der Waals surface area contributed by atoms with Crippen LogP contribution in [0.2, 0.25) is 0 Å². The fraction of sp³-hybridized carbons (Fsp3) is 0.174. The number of pyridine rings is 1. The van der Waals surface area contributed by atoms with Gasteiger partial charge in [0, 0.05) is 16.5 Å². The fourth-order valence-electron chi connectivity index (χ4n) is 2.10. The van der Waals surface area contributed by atoms with Gasteiger partial charge in [-0.3, -0.25) is 9.59 Å². The molecule has 0 aliphatic carbocycles. The minimum atomic E-state index is -0.456. The average molecular weight is 462 g/mol. The molecule has 0 saturated carbocycles. The lowest BCUT2D eigenvalue weighted by Gasteiger charge is -2.07. The predicted octanol–water partition coefficient (Wildman–Crippen LogP) is 5.86. The molecule has 2 aromatic carbocycles. The predicted molar refractivity (Wildman–Crippen MR) is 126 cm³/mol. The van der Waals surface area contributed by atoms with Crippen molar-refractivity contribution in [2.45, 2.75) is 25.8 Å². The first-order valence-electron chi connectivity index (χ1n) is 9.58. The van der Waals surface area contributed by atoms with Gasteiger partial charge in [-0.2, -0.15) is 0 Å². The first kappa shape index (κ1) is 26.1. The monoisotopic (exact) mass is 461 g/mol. The third-order valence-electron chi connectivity index (χ3n) is 3.56. The van der Waals surface area contributed by atoms with E-state index in [0.29, 0.717) is 10.7 Å². The highest BCUT2D eigenvalue weighted by atomic mass is 35.7. The summed E-state index contributed by atoms with van der Waals surface area (Å²) in [5, 5.41) is 5.64. The number of aromatic nitrogens is 1. The van der Waals surface area contributed by atoms with Gasteiger partial charge in [-0.1, -0.05) is 49.7 Å². The third kappa shape index (κ3) is 10.6. The molecule has 31 heavy (non-hydrogen) atoms. The number of nitrogens with zero attached hydrogens (tertiary/aromatic N) is 1. The van der Waals surface area contributed by atoms with E-state index < -0.39 is 17.6 Å². The highest BCUT2D eigenvalue weighted by Crippen LogP contribution is 2.20. The van der Waals surface area contributed by atoms with E-state index in [2.05, 4.69) is 34.7 Å². The van der Waals surface area contributed by atoms with Gasteiger partial charge in [-0.25, -0.2) is 9.37 Å². The lowest BCUT2D eigenvalue weighted by Crippen LogP contribution is -2.32. The molecule has 0 aliphatic rings. The molecule has 0 bridgehead atoms. The first-order valence-corrected chi connectivity index (χ1v) is 11.2. The number of carbonyl (C=O) groups excluding carboxylic acids is 2. The molecule has 164 valence electrons. The van der Waals surface area contributed by atoms with Crippen LogP contribution in [0.5, 0.6) is 0 Å². The standard InChI is InChI=1S/C14H11ClFN3O2S.C7H8.C2H6/c15-22-13-6-5-11(7-17-13)19-12(20)8-18-14(21)9-1-3-10(16)4-2-9;1-7-5-3-2-4-6-7;1-2/h1-7H,8H2,(H,18,21)(H,19,20);2-6H,1H3;1-2H3. The van der Waals surface area contributed by atoms with Crippen molar-refractivity contribution in [3.05, 3.63) is 89.9 Å². The third-order valence-corrected chi connectivity index (χ3v) is 4.43. The number of nitrogens with one attached hydrogen (secondary N) is 2. The maximum Gasteiger partial charge on any atom is 0.251 e. The van der Waals surface area contributed by atoms with Crippen LogP contribution >= 0.6 is 21.7 Å². The van der Waals surface area contributed by atoms with Crippen LogP contribution in [0, 0.1) is 12.7 Å². The normalized spacial score (nSPS) is 9.32. The quantitative estimate of drug-likeness (QED) is 0.499. The van der Waals surface area contributed by atoms with E-state index in [1.165, 1.54) is 36.0 Å². The second-order valence-electron chi connectivity index (χ2n) is 5.85. The molecule has 0 aliphatic heterocycles. The Hall–Kier alpha value is -2.90. The zero-order valence-corrected chi connectivity index (χ0v) is 19.1. The average Bonchev–Trinajstić information content (AvgIpc) is 2.81. The Morgan fingerprint density at radius 3 is 2.13 bits per heavy atom. The zero-order chi connectivity index (χ0) is 23.1. The summed E-state index contributed by atoms with van der Waals surface area (Å²) in [7, 11) is 6.51. The number of benzene rings is 2. The van der Waals surface area contributed by atoms with Crippen LogP contribution in [0.4, 0.5) is 10.1 Å². The summed E-state index contributed by atoms with van der Waals surface area (Å²) in [5.41, 5.74) is 2.09. The Balaban J connectivity index is 0.000000447. The molecule has 2 N–H and O–H groups in total. The van der Waals surface area contributed by atoms with Gasteiger partial charge in [0.1, 0.15) is 10.8 Å². The molecule has 5 nitrogen and oxygen atoms in total. The summed E-state index contributed by atoms with van der Waals surface area (Å²) in [6, 6.07) is 18.6. The van der Waals surface area contributed by atoms with Crippen LogP contribution in [0.1, 0.15) is 29.8 Å². The van der Waals surface area contributed by atoms with Crippen molar-refractivity contribution in [1.82, 2.24) is 10.3 Å². The fourth-order valence-corrected chi connectivity index (χ4v) is 2.59. The van der Waals surface area contributed by atoms with Crippen LogP contribution in [0.15, 0.2) is 78.0 Å². The molecule has 0 atom stereocenters. The van der Waals surface area contributed by atoms with Crippen molar-refractivity contribution in [2.24, 2.45) is 0 Å². The number of carbonyl (C=O) groups is 2. The first-order chi connectivity index (χ1) is 15.0. The molecule has 0 spiro atoms. The topological polar surface area (TPSA) is 71.1 Å². The lowest BCUT2D eigenvalue weighted by atomic mass is 10.2. The summed E-state index contributed by atoms with van der Waals surface area (Å²) in [5.74, 6) is -1.29. The van der Waals surface area contributed by atoms with Crippen molar-refractivity contribution in [3.63, 3.8) is 0 Å². The molecule has 1 heterocycles. The Bertz CT molecular complexity index is 924. The molecular formula is C23H25ClFN3O2S. The van der Waals surface area contributed by atoms with Gasteiger partial charge < -0.3 is 10.6 Å². The van der Waals surface area contributed by atoms with E-state index in [1.807, 2.05) is 32.0 Å². The van der Waals surface area contributed by atoms with E-state index in [4.69, 9.17) is 10.7 Å². The Labute approximate surface area is 190 Å². The maximum atomic E-state index is 12.7. The van der Waals surface area contributed by atoms with Gasteiger partial charge in [0.2, 0.25) is 5.91 Å². The number of halogens is 2. The number of rotatable bonds is 5. The van der Waals surface area contributed by atoms with Gasteiger partial charge in [0.25, 0.3) is 5.91 Å². The highest BCUT2D eigenvalue weighted by Gasteiger charge is 2.08. The molecule has 0 radical (unpaired) electrons. The van der Waals surface area contributed by atoms with Crippen LogP contribution in [0.3, 0.4) is 0 Å². The molecule has 3 rings (SSSR count). The molecule has 0 fully saturated rings. The van der Waals surface area contributed by atoms with Crippen molar-refractivity contribution < 1.29 is 14.0 Å². The minimum absolute atomic E-state index is 0.206. The summed E-state index contributed by atoms with van der Waals surface area (Å²) < 4.78 is 12.7. The molecule has 2 amide bonds. The van der Waals surface area contributed by atoms with Crippen LogP contribution in [0.25, 0.3) is 0 Å². The molecular weight excluding hydrogens is 437 g/mol. The zero-order valence-electron chi connectivity index (χ0n) is 17.6. The Morgan fingerprint density at radius 1 is 1.00 bits per heavy atom. The number of aryl methyl sites for hydroxylation is 1. The van der Waals surface area contributed by atoms with Gasteiger partial charge in [0.05, 0.1) is 18.4 Å². The largest absolute Gasteiger partial charge is 0.343 e. The van der Waals surface area contributed by atoms with Crippen molar-refractivity contribution in [2.75, 3.05) is 11.9 Å². The Kier molecular flexibility index (Phi) is 12.6. The summed E-state index contributed by atoms with van der Waals surface area (Å²) in [4.78, 5) is 27.5. The second-order valence-corrected chi connectivity index (χ2v) is 6.89.